The first-order valence-corrected chi connectivity index (χ1v) is 5.41. The summed E-state index contributed by atoms with van der Waals surface area (Å²) in [7, 11) is 2.85. The van der Waals surface area contributed by atoms with Gasteiger partial charge < -0.3 is 19.7 Å². The molecule has 0 aliphatic heterocycles. The molecule has 2 rings (SSSR count). The van der Waals surface area contributed by atoms with Crippen molar-refractivity contribution < 1.29 is 24.5 Å². The molecule has 7 nitrogen and oxygen atoms in total. The molecule has 0 saturated heterocycles. The minimum absolute atomic E-state index is 0.111. The Bertz CT molecular complexity index is 471. The lowest BCUT2D eigenvalue weighted by Gasteiger charge is -2.40. The SMILES string of the molecule is COc1cnc(C2(O)CC(C(=O)O)C2)c(OC)n1. The molecule has 98 valence electrons. The van der Waals surface area contributed by atoms with Crippen molar-refractivity contribution in [2.75, 3.05) is 14.2 Å². The fourth-order valence-electron chi connectivity index (χ4n) is 2.04. The zero-order chi connectivity index (χ0) is 13.3. The summed E-state index contributed by atoms with van der Waals surface area (Å²) in [5, 5.41) is 19.1. The molecule has 7 heteroatoms. The van der Waals surface area contributed by atoms with Crippen LogP contribution in [0.1, 0.15) is 18.5 Å². The van der Waals surface area contributed by atoms with E-state index in [1.807, 2.05) is 0 Å². The van der Waals surface area contributed by atoms with Gasteiger partial charge >= 0.3 is 5.97 Å². The molecule has 0 bridgehead atoms. The van der Waals surface area contributed by atoms with Gasteiger partial charge in [0.1, 0.15) is 11.3 Å². The molecule has 0 aromatic carbocycles. The number of hydrogen-bond donors (Lipinski definition) is 2. The van der Waals surface area contributed by atoms with Gasteiger partial charge in [0.05, 0.1) is 26.3 Å². The minimum Gasteiger partial charge on any atom is -0.481 e. The highest BCUT2D eigenvalue weighted by atomic mass is 16.5. The molecule has 1 heterocycles. The van der Waals surface area contributed by atoms with Crippen LogP contribution in [-0.4, -0.2) is 40.4 Å². The van der Waals surface area contributed by atoms with Gasteiger partial charge in [-0.05, 0) is 12.8 Å². The van der Waals surface area contributed by atoms with Crippen molar-refractivity contribution in [1.29, 1.82) is 0 Å². The second kappa shape index (κ2) is 4.41. The van der Waals surface area contributed by atoms with Crippen LogP contribution in [-0.2, 0) is 10.4 Å². The Balaban J connectivity index is 2.26. The lowest BCUT2D eigenvalue weighted by molar-refractivity contribution is -0.160. The number of carbonyl (C=O) groups is 1. The number of aromatic nitrogens is 2. The standard InChI is InChI=1S/C11H14N2O5/c1-17-7-5-12-8(9(13-7)18-2)11(16)3-6(4-11)10(14)15/h5-6,16H,3-4H2,1-2H3,(H,14,15). The molecule has 1 aliphatic carbocycles. The molecule has 18 heavy (non-hydrogen) atoms. The number of carboxylic acid groups (broad SMARTS) is 1. The van der Waals surface area contributed by atoms with Crippen molar-refractivity contribution in [1.82, 2.24) is 9.97 Å². The van der Waals surface area contributed by atoms with E-state index in [0.717, 1.165) is 0 Å². The Labute approximate surface area is 103 Å². The van der Waals surface area contributed by atoms with Crippen molar-refractivity contribution in [2.45, 2.75) is 18.4 Å². The normalized spacial score (nSPS) is 26.3. The zero-order valence-electron chi connectivity index (χ0n) is 10.1. The first kappa shape index (κ1) is 12.6. The van der Waals surface area contributed by atoms with E-state index < -0.39 is 17.5 Å². The molecule has 0 atom stereocenters. The Morgan fingerprint density at radius 3 is 2.61 bits per heavy atom. The fourth-order valence-corrected chi connectivity index (χ4v) is 2.04. The molecule has 1 aromatic heterocycles. The number of rotatable bonds is 4. The van der Waals surface area contributed by atoms with E-state index >= 15 is 0 Å². The van der Waals surface area contributed by atoms with Crippen molar-refractivity contribution in [3.63, 3.8) is 0 Å². The van der Waals surface area contributed by atoms with E-state index in [9.17, 15) is 9.90 Å². The summed E-state index contributed by atoms with van der Waals surface area (Å²) >= 11 is 0. The second-order valence-corrected chi connectivity index (χ2v) is 4.25. The number of hydrogen-bond acceptors (Lipinski definition) is 6. The lowest BCUT2D eigenvalue weighted by Crippen LogP contribution is -2.45. The Kier molecular flexibility index (Phi) is 3.08. The summed E-state index contributed by atoms with van der Waals surface area (Å²) in [6, 6.07) is 0. The van der Waals surface area contributed by atoms with Crippen LogP contribution in [0.3, 0.4) is 0 Å². The van der Waals surface area contributed by atoms with Crippen molar-refractivity contribution in [3.05, 3.63) is 11.9 Å². The van der Waals surface area contributed by atoms with Crippen LogP contribution >= 0.6 is 0 Å². The van der Waals surface area contributed by atoms with E-state index in [0.29, 0.717) is 0 Å². The quantitative estimate of drug-likeness (QED) is 0.789. The number of nitrogens with zero attached hydrogens (tertiary/aromatic N) is 2. The molecule has 2 N–H and O–H groups in total. The first-order chi connectivity index (χ1) is 8.50. The summed E-state index contributed by atoms with van der Waals surface area (Å²) in [6.07, 6.45) is 1.59. The average Bonchev–Trinajstić information content (AvgIpc) is 2.33. The maximum Gasteiger partial charge on any atom is 0.306 e. The highest BCUT2D eigenvalue weighted by molar-refractivity contribution is 5.71. The molecular formula is C11H14N2O5. The third kappa shape index (κ3) is 1.97. The van der Waals surface area contributed by atoms with E-state index in [2.05, 4.69) is 9.97 Å². The average molecular weight is 254 g/mol. The summed E-state index contributed by atoms with van der Waals surface area (Å²) < 4.78 is 9.95. The Hall–Kier alpha value is -1.89. The van der Waals surface area contributed by atoms with Crippen LogP contribution in [0, 0.1) is 5.92 Å². The number of ether oxygens (including phenoxy) is 2. The predicted molar refractivity (Wildman–Crippen MR) is 59.4 cm³/mol. The number of methoxy groups -OCH3 is 2. The lowest BCUT2D eigenvalue weighted by atomic mass is 9.69. The van der Waals surface area contributed by atoms with Gasteiger partial charge in [-0.15, -0.1) is 0 Å². The predicted octanol–water partition coefficient (Wildman–Crippen LogP) is 0.176. The van der Waals surface area contributed by atoms with Gasteiger partial charge in [-0.1, -0.05) is 0 Å². The third-order valence-corrected chi connectivity index (χ3v) is 3.08. The van der Waals surface area contributed by atoms with Crippen molar-refractivity contribution >= 4 is 5.97 Å². The molecule has 1 aliphatic rings. The van der Waals surface area contributed by atoms with Crippen molar-refractivity contribution in [2.24, 2.45) is 5.92 Å². The highest BCUT2D eigenvalue weighted by Crippen LogP contribution is 2.47. The highest BCUT2D eigenvalue weighted by Gasteiger charge is 2.50. The topological polar surface area (TPSA) is 102 Å². The molecule has 0 unspecified atom stereocenters. The minimum atomic E-state index is -1.28. The van der Waals surface area contributed by atoms with E-state index in [1.165, 1.54) is 20.4 Å². The smallest absolute Gasteiger partial charge is 0.306 e. The third-order valence-electron chi connectivity index (χ3n) is 3.08. The number of carboxylic acids is 1. The molecule has 0 amide bonds. The molecular weight excluding hydrogens is 240 g/mol. The number of aliphatic hydroxyl groups is 1. The summed E-state index contributed by atoms with van der Waals surface area (Å²) in [4.78, 5) is 18.8. The Morgan fingerprint density at radius 1 is 1.44 bits per heavy atom. The fraction of sp³-hybridized carbons (Fsp3) is 0.545. The molecule has 1 saturated carbocycles. The van der Waals surface area contributed by atoms with E-state index in [4.69, 9.17) is 14.6 Å². The van der Waals surface area contributed by atoms with Crippen LogP contribution in [0.2, 0.25) is 0 Å². The molecule has 1 aromatic rings. The first-order valence-electron chi connectivity index (χ1n) is 5.41. The van der Waals surface area contributed by atoms with Gasteiger partial charge in [0.25, 0.3) is 0 Å². The maximum absolute atomic E-state index is 10.8. The van der Waals surface area contributed by atoms with Crippen molar-refractivity contribution in [3.8, 4) is 11.8 Å². The number of aliphatic carboxylic acids is 1. The van der Waals surface area contributed by atoms with E-state index in [1.54, 1.807) is 0 Å². The van der Waals surface area contributed by atoms with Crippen LogP contribution in [0.4, 0.5) is 0 Å². The van der Waals surface area contributed by atoms with Gasteiger partial charge in [0, 0.05) is 0 Å². The van der Waals surface area contributed by atoms with Crippen LogP contribution in [0.25, 0.3) is 0 Å². The summed E-state index contributed by atoms with van der Waals surface area (Å²) in [5.74, 6) is -1.04. The van der Waals surface area contributed by atoms with Gasteiger partial charge in [0.15, 0.2) is 0 Å². The maximum atomic E-state index is 10.8. The molecule has 0 spiro atoms. The van der Waals surface area contributed by atoms with Gasteiger partial charge in [-0.2, -0.15) is 4.98 Å². The zero-order valence-corrected chi connectivity index (χ0v) is 10.1. The monoisotopic (exact) mass is 254 g/mol. The van der Waals surface area contributed by atoms with Crippen LogP contribution in [0.15, 0.2) is 6.20 Å². The summed E-state index contributed by atoms with van der Waals surface area (Å²) in [6.45, 7) is 0. The van der Waals surface area contributed by atoms with Crippen LogP contribution in [0.5, 0.6) is 11.8 Å². The van der Waals surface area contributed by atoms with Gasteiger partial charge in [-0.25, -0.2) is 4.98 Å². The van der Waals surface area contributed by atoms with E-state index in [-0.39, 0.29) is 30.3 Å². The Morgan fingerprint density at radius 2 is 2.11 bits per heavy atom. The molecule has 1 fully saturated rings. The second-order valence-electron chi connectivity index (χ2n) is 4.25. The van der Waals surface area contributed by atoms with Crippen LogP contribution < -0.4 is 9.47 Å². The summed E-state index contributed by atoms with van der Waals surface area (Å²) in [5.41, 5.74) is -1.03. The van der Waals surface area contributed by atoms with Gasteiger partial charge in [-0.3, -0.25) is 4.79 Å². The van der Waals surface area contributed by atoms with Gasteiger partial charge in [0.2, 0.25) is 11.8 Å². The largest absolute Gasteiger partial charge is 0.481 e. The molecule has 0 radical (unpaired) electrons.